The van der Waals surface area contributed by atoms with Gasteiger partial charge in [0.25, 0.3) is 11.9 Å². The Kier molecular flexibility index (Phi) is 6.18. The number of pyridine rings is 2. The van der Waals surface area contributed by atoms with Crippen LogP contribution in [0.1, 0.15) is 16.2 Å². The van der Waals surface area contributed by atoms with Gasteiger partial charge in [-0.15, -0.1) is 0 Å². The highest BCUT2D eigenvalue weighted by atomic mass is 16.5. The van der Waals surface area contributed by atoms with Gasteiger partial charge in [-0.3, -0.25) is 9.78 Å². The number of likely N-dealkylation sites (N-methyl/N-ethyl adjacent to an activating group) is 1. The Morgan fingerprint density at radius 2 is 1.81 bits per heavy atom. The van der Waals surface area contributed by atoms with Crippen molar-refractivity contribution in [2.75, 3.05) is 74.6 Å². The van der Waals surface area contributed by atoms with Gasteiger partial charge < -0.3 is 33.6 Å². The number of hydrogen-bond donors (Lipinski definition) is 1. The number of ether oxygens (including phenoxy) is 1. The maximum Gasteiger partial charge on any atom is 0.300 e. The summed E-state index contributed by atoms with van der Waals surface area (Å²) in [6.45, 7) is 7.88. The number of hydrogen-bond acceptors (Lipinski definition) is 11. The van der Waals surface area contributed by atoms with Crippen LogP contribution < -0.4 is 15.1 Å². The predicted molar refractivity (Wildman–Crippen MR) is 137 cm³/mol. The smallest absolute Gasteiger partial charge is 0.300 e. The summed E-state index contributed by atoms with van der Waals surface area (Å²) in [4.78, 5) is 37.7. The van der Waals surface area contributed by atoms with E-state index in [1.54, 1.807) is 18.3 Å². The number of amides is 1. The first-order valence-corrected chi connectivity index (χ1v) is 12.3. The molecule has 0 aliphatic carbocycles. The third kappa shape index (κ3) is 4.85. The van der Waals surface area contributed by atoms with Crippen molar-refractivity contribution in [3.05, 3.63) is 42.0 Å². The largest absolute Gasteiger partial charge is 0.444 e. The quantitative estimate of drug-likeness (QED) is 0.431. The first-order valence-electron chi connectivity index (χ1n) is 12.3. The molecule has 1 amide bonds. The molecule has 0 radical (unpaired) electrons. The Labute approximate surface area is 213 Å². The van der Waals surface area contributed by atoms with Gasteiger partial charge in [0.1, 0.15) is 6.26 Å². The first-order chi connectivity index (χ1) is 18.0. The Hall–Kier alpha value is -4.03. The molecule has 1 N–H and O–H groups in total. The molecule has 2 aliphatic heterocycles. The molecule has 0 atom stereocenters. The maximum atomic E-state index is 13.2. The number of piperazine rings is 1. The van der Waals surface area contributed by atoms with Gasteiger partial charge in [-0.1, -0.05) is 0 Å². The van der Waals surface area contributed by atoms with E-state index in [2.05, 4.69) is 37.1 Å². The van der Waals surface area contributed by atoms with Crippen LogP contribution >= 0.6 is 0 Å². The van der Waals surface area contributed by atoms with E-state index in [0.29, 0.717) is 60.9 Å². The van der Waals surface area contributed by atoms with E-state index in [-0.39, 0.29) is 5.69 Å². The van der Waals surface area contributed by atoms with Crippen molar-refractivity contribution < 1.29 is 18.4 Å². The Balaban J connectivity index is 1.31. The van der Waals surface area contributed by atoms with Crippen LogP contribution in [-0.2, 0) is 4.74 Å². The van der Waals surface area contributed by atoms with E-state index in [1.807, 2.05) is 17.9 Å². The fourth-order valence-corrected chi connectivity index (χ4v) is 4.46. The molecule has 2 aliphatic rings. The van der Waals surface area contributed by atoms with Crippen LogP contribution in [0.4, 0.5) is 17.5 Å². The second-order valence-electron chi connectivity index (χ2n) is 9.25. The molecule has 6 rings (SSSR count). The number of nitrogens with zero attached hydrogens (tertiary/aromatic N) is 7. The third-order valence-electron chi connectivity index (χ3n) is 6.56. The molecule has 37 heavy (non-hydrogen) atoms. The highest BCUT2D eigenvalue weighted by molar-refractivity contribution is 6.05. The summed E-state index contributed by atoms with van der Waals surface area (Å²) < 4.78 is 17.1. The highest BCUT2D eigenvalue weighted by Crippen LogP contribution is 2.32. The van der Waals surface area contributed by atoms with E-state index in [1.165, 1.54) is 6.26 Å². The van der Waals surface area contributed by atoms with Gasteiger partial charge in [0, 0.05) is 62.8 Å². The van der Waals surface area contributed by atoms with E-state index < -0.39 is 5.91 Å². The van der Waals surface area contributed by atoms with Gasteiger partial charge in [-0.05, 0) is 26.1 Å². The topological polar surface area (TPSA) is 126 Å². The average Bonchev–Trinajstić information content (AvgIpc) is 3.57. The minimum atomic E-state index is -0.398. The molecular formula is C25H28N8O4. The van der Waals surface area contributed by atoms with Crippen molar-refractivity contribution in [1.82, 2.24) is 24.8 Å². The number of fused-ring (bicyclic) bond motifs is 1. The second-order valence-corrected chi connectivity index (χ2v) is 9.25. The van der Waals surface area contributed by atoms with Crippen LogP contribution in [0, 0.1) is 6.92 Å². The molecule has 4 aromatic heterocycles. The molecule has 0 bridgehead atoms. The number of aromatic nitrogens is 4. The lowest BCUT2D eigenvalue weighted by Gasteiger charge is -2.34. The van der Waals surface area contributed by atoms with Crippen molar-refractivity contribution in [3.8, 4) is 11.5 Å². The number of aryl methyl sites for hydroxylation is 1. The van der Waals surface area contributed by atoms with Crippen LogP contribution in [0.15, 0.2) is 39.5 Å². The Morgan fingerprint density at radius 3 is 2.59 bits per heavy atom. The number of carbonyl (C=O) groups is 1. The molecule has 0 spiro atoms. The van der Waals surface area contributed by atoms with Crippen LogP contribution in [0.5, 0.6) is 0 Å². The molecule has 6 heterocycles. The van der Waals surface area contributed by atoms with Crippen LogP contribution in [0.25, 0.3) is 22.7 Å². The van der Waals surface area contributed by atoms with Crippen molar-refractivity contribution >= 4 is 34.7 Å². The third-order valence-corrected chi connectivity index (χ3v) is 6.56. The van der Waals surface area contributed by atoms with Crippen LogP contribution in [-0.4, -0.2) is 90.3 Å². The Morgan fingerprint density at radius 1 is 1.00 bits per heavy atom. The summed E-state index contributed by atoms with van der Waals surface area (Å²) in [6.07, 6.45) is 3.04. The summed E-state index contributed by atoms with van der Waals surface area (Å²) >= 11 is 0. The molecule has 12 heteroatoms. The van der Waals surface area contributed by atoms with Crippen LogP contribution in [0.3, 0.4) is 0 Å². The molecule has 0 unspecified atom stereocenters. The highest BCUT2D eigenvalue weighted by Gasteiger charge is 2.25. The summed E-state index contributed by atoms with van der Waals surface area (Å²) in [5.74, 6) is 0.614. The minimum absolute atomic E-state index is 0.167. The van der Waals surface area contributed by atoms with Crippen molar-refractivity contribution in [1.29, 1.82) is 0 Å². The van der Waals surface area contributed by atoms with Crippen molar-refractivity contribution in [2.45, 2.75) is 6.92 Å². The molecule has 192 valence electrons. The lowest BCUT2D eigenvalue weighted by Crippen LogP contribution is -2.45. The first kappa shape index (κ1) is 23.4. The van der Waals surface area contributed by atoms with Crippen LogP contribution in [0.2, 0.25) is 0 Å². The predicted octanol–water partition coefficient (Wildman–Crippen LogP) is 2.42. The van der Waals surface area contributed by atoms with Gasteiger partial charge in [0.15, 0.2) is 17.1 Å². The van der Waals surface area contributed by atoms with E-state index in [4.69, 9.17) is 18.6 Å². The number of nitrogens with one attached hydrogen (secondary N) is 1. The summed E-state index contributed by atoms with van der Waals surface area (Å²) in [6, 6.07) is 5.94. The van der Waals surface area contributed by atoms with E-state index in [9.17, 15) is 4.79 Å². The normalized spacial score (nSPS) is 16.9. The number of rotatable bonds is 5. The molecule has 0 saturated carbocycles. The van der Waals surface area contributed by atoms with Gasteiger partial charge >= 0.3 is 0 Å². The summed E-state index contributed by atoms with van der Waals surface area (Å²) in [5, 5.41) is 2.98. The fraction of sp³-hybridized carbons (Fsp3) is 0.400. The molecular weight excluding hydrogens is 476 g/mol. The molecule has 0 aromatic carbocycles. The number of anilines is 3. The lowest BCUT2D eigenvalue weighted by molar-refractivity contribution is 0.102. The monoisotopic (exact) mass is 504 g/mol. The van der Waals surface area contributed by atoms with Gasteiger partial charge in [0.05, 0.1) is 18.9 Å². The Bertz CT molecular complexity index is 1420. The minimum Gasteiger partial charge on any atom is -0.444 e. The van der Waals surface area contributed by atoms with Crippen molar-refractivity contribution in [2.24, 2.45) is 0 Å². The molecule has 2 saturated heterocycles. The zero-order valence-corrected chi connectivity index (χ0v) is 20.8. The number of oxazole rings is 2. The number of carbonyl (C=O) groups excluding carboxylic acids is 1. The SMILES string of the molecule is Cc1cc(-c2nc(C(=O)Nc3cc4oc(N5CCOCC5)nc4nc3N3CCN(C)CC3)co2)ccn1. The molecule has 2 fully saturated rings. The maximum absolute atomic E-state index is 13.2. The number of morpholine rings is 1. The van der Waals surface area contributed by atoms with Crippen molar-refractivity contribution in [3.63, 3.8) is 0 Å². The molecule has 4 aromatic rings. The van der Waals surface area contributed by atoms with E-state index in [0.717, 1.165) is 37.4 Å². The summed E-state index contributed by atoms with van der Waals surface area (Å²) in [5.41, 5.74) is 3.30. The molecule has 12 nitrogen and oxygen atoms in total. The zero-order chi connectivity index (χ0) is 25.4. The van der Waals surface area contributed by atoms with Gasteiger partial charge in [0.2, 0.25) is 11.5 Å². The standard InChI is InChI=1S/C25H28N8O4/c1-16-13-17(3-4-26-16)24-28-19(15-36-24)23(34)27-18-14-20-21(29-22(18)32-7-5-31(2)6-8-32)30-25(37-20)33-9-11-35-12-10-33/h3-4,13-15H,5-12H2,1-2H3,(H,27,34). The van der Waals surface area contributed by atoms with E-state index >= 15 is 0 Å². The zero-order valence-electron chi connectivity index (χ0n) is 20.8. The average molecular weight is 505 g/mol. The fourth-order valence-electron chi connectivity index (χ4n) is 4.46. The van der Waals surface area contributed by atoms with Gasteiger partial charge in [-0.2, -0.15) is 4.98 Å². The van der Waals surface area contributed by atoms with Gasteiger partial charge in [-0.25, -0.2) is 9.97 Å². The lowest BCUT2D eigenvalue weighted by atomic mass is 10.2. The second kappa shape index (κ2) is 9.79. The summed E-state index contributed by atoms with van der Waals surface area (Å²) in [7, 11) is 2.09.